The van der Waals surface area contributed by atoms with E-state index in [9.17, 15) is 9.59 Å². The lowest BCUT2D eigenvalue weighted by Gasteiger charge is -2.14. The first-order valence-corrected chi connectivity index (χ1v) is 10.7. The maximum atomic E-state index is 11.8. The molecule has 0 aromatic rings. The molecular formula is C19H37N3O2S. The first-order chi connectivity index (χ1) is 12.2. The van der Waals surface area contributed by atoms with Gasteiger partial charge < -0.3 is 15.5 Å². The Labute approximate surface area is 159 Å². The molecule has 0 bridgehead atoms. The van der Waals surface area contributed by atoms with Gasteiger partial charge in [0, 0.05) is 25.9 Å². The van der Waals surface area contributed by atoms with Crippen molar-refractivity contribution in [1.29, 1.82) is 0 Å². The van der Waals surface area contributed by atoms with Crippen LogP contribution in [0.3, 0.4) is 0 Å². The van der Waals surface area contributed by atoms with E-state index in [1.54, 1.807) is 0 Å². The van der Waals surface area contributed by atoms with Gasteiger partial charge in [-0.3, -0.25) is 9.59 Å². The minimum Gasteiger partial charge on any atom is -0.356 e. The zero-order valence-electron chi connectivity index (χ0n) is 15.7. The number of thiol groups is 1. The summed E-state index contributed by atoms with van der Waals surface area (Å²) >= 11 is 4.16. The van der Waals surface area contributed by atoms with Crippen LogP contribution >= 0.6 is 12.6 Å². The van der Waals surface area contributed by atoms with Crippen molar-refractivity contribution in [3.05, 3.63) is 0 Å². The van der Waals surface area contributed by atoms with Gasteiger partial charge in [0.05, 0.1) is 0 Å². The van der Waals surface area contributed by atoms with Gasteiger partial charge in [-0.15, -0.1) is 0 Å². The molecule has 0 aliphatic carbocycles. The predicted molar refractivity (Wildman–Crippen MR) is 107 cm³/mol. The highest BCUT2D eigenvalue weighted by Gasteiger charge is 2.10. The molecule has 0 radical (unpaired) electrons. The van der Waals surface area contributed by atoms with Crippen LogP contribution in [0.15, 0.2) is 0 Å². The van der Waals surface area contributed by atoms with Crippen LogP contribution in [0.1, 0.15) is 70.6 Å². The van der Waals surface area contributed by atoms with Crippen LogP contribution in [0.2, 0.25) is 0 Å². The van der Waals surface area contributed by atoms with E-state index in [2.05, 4.69) is 28.2 Å². The van der Waals surface area contributed by atoms with Crippen molar-refractivity contribution >= 4 is 24.4 Å². The van der Waals surface area contributed by atoms with Gasteiger partial charge in [-0.05, 0) is 70.3 Å². The number of nitrogens with one attached hydrogen (secondary N) is 2. The molecule has 2 N–H and O–H groups in total. The lowest BCUT2D eigenvalue weighted by Crippen LogP contribution is -2.28. The van der Waals surface area contributed by atoms with E-state index < -0.39 is 0 Å². The van der Waals surface area contributed by atoms with Crippen molar-refractivity contribution in [2.75, 3.05) is 38.5 Å². The summed E-state index contributed by atoms with van der Waals surface area (Å²) in [6.45, 7) is 5.07. The summed E-state index contributed by atoms with van der Waals surface area (Å²) in [7, 11) is 0. The second kappa shape index (κ2) is 15.5. The zero-order valence-corrected chi connectivity index (χ0v) is 16.6. The van der Waals surface area contributed by atoms with Gasteiger partial charge in [-0.1, -0.05) is 12.8 Å². The highest BCUT2D eigenvalue weighted by Crippen LogP contribution is 2.07. The summed E-state index contributed by atoms with van der Waals surface area (Å²) in [5, 5.41) is 5.96. The van der Waals surface area contributed by atoms with Gasteiger partial charge in [-0.25, -0.2) is 0 Å². The number of amides is 2. The normalized spacial score (nSPS) is 14.6. The molecule has 5 nitrogen and oxygen atoms in total. The van der Waals surface area contributed by atoms with Crippen LogP contribution in [0.5, 0.6) is 0 Å². The fourth-order valence-electron chi connectivity index (χ4n) is 3.10. The van der Waals surface area contributed by atoms with E-state index in [-0.39, 0.29) is 11.8 Å². The number of nitrogens with zero attached hydrogens (tertiary/aromatic N) is 1. The average molecular weight is 372 g/mol. The number of hydrogen-bond acceptors (Lipinski definition) is 4. The summed E-state index contributed by atoms with van der Waals surface area (Å²) in [4.78, 5) is 25.8. The lowest BCUT2D eigenvalue weighted by atomic mass is 10.1. The Morgan fingerprint density at radius 1 is 0.760 bits per heavy atom. The Balaban J connectivity index is 1.82. The first-order valence-electron chi connectivity index (χ1n) is 10.1. The lowest BCUT2D eigenvalue weighted by molar-refractivity contribution is -0.122. The molecular weight excluding hydrogens is 334 g/mol. The molecule has 0 saturated carbocycles. The smallest absolute Gasteiger partial charge is 0.219 e. The fourth-order valence-corrected chi connectivity index (χ4v) is 3.33. The third-order valence-corrected chi connectivity index (χ3v) is 4.95. The van der Waals surface area contributed by atoms with E-state index in [0.717, 1.165) is 70.3 Å². The van der Waals surface area contributed by atoms with Crippen molar-refractivity contribution in [2.24, 2.45) is 0 Å². The quantitative estimate of drug-likeness (QED) is 0.306. The minimum atomic E-state index is 0.148. The molecule has 146 valence electrons. The number of likely N-dealkylation sites (tertiary alicyclic amines) is 1. The predicted octanol–water partition coefficient (Wildman–Crippen LogP) is 2.76. The monoisotopic (exact) mass is 371 g/mol. The Morgan fingerprint density at radius 2 is 1.32 bits per heavy atom. The largest absolute Gasteiger partial charge is 0.356 e. The molecule has 6 heteroatoms. The molecule has 1 aliphatic rings. The zero-order chi connectivity index (χ0) is 18.2. The average Bonchev–Trinajstić information content (AvgIpc) is 3.12. The molecule has 0 spiro atoms. The Hall–Kier alpha value is -0.750. The fraction of sp³-hybridized carbons (Fsp3) is 0.895. The summed E-state index contributed by atoms with van der Waals surface area (Å²) in [6.07, 6.45) is 10.8. The molecule has 1 rings (SSSR count). The summed E-state index contributed by atoms with van der Waals surface area (Å²) < 4.78 is 0. The maximum Gasteiger partial charge on any atom is 0.219 e. The highest BCUT2D eigenvalue weighted by atomic mass is 32.1. The van der Waals surface area contributed by atoms with Gasteiger partial charge in [-0.2, -0.15) is 12.6 Å². The van der Waals surface area contributed by atoms with Crippen LogP contribution in [0.4, 0.5) is 0 Å². The summed E-state index contributed by atoms with van der Waals surface area (Å²) in [5.74, 6) is 1.21. The van der Waals surface area contributed by atoms with Gasteiger partial charge in [0.25, 0.3) is 0 Å². The molecule has 1 saturated heterocycles. The number of carbonyl (C=O) groups excluding carboxylic acids is 2. The third-order valence-electron chi connectivity index (χ3n) is 4.64. The second-order valence-electron chi connectivity index (χ2n) is 6.95. The highest BCUT2D eigenvalue weighted by molar-refractivity contribution is 7.80. The van der Waals surface area contributed by atoms with E-state index in [1.165, 1.54) is 25.9 Å². The standard InChI is InChI=1S/C19H37N3O2S/c23-18(11-4-2-8-17-25)20-12-5-1-3-10-19(24)21-13-9-16-22-14-6-7-15-22/h25H,1-17H2,(H,20,23)(H,21,24). The summed E-state index contributed by atoms with van der Waals surface area (Å²) in [6, 6.07) is 0. The van der Waals surface area contributed by atoms with E-state index in [0.29, 0.717) is 12.8 Å². The molecule has 0 aromatic carbocycles. The van der Waals surface area contributed by atoms with Crippen LogP contribution in [-0.2, 0) is 9.59 Å². The molecule has 1 heterocycles. The van der Waals surface area contributed by atoms with Crippen molar-refractivity contribution in [3.8, 4) is 0 Å². The topological polar surface area (TPSA) is 61.4 Å². The van der Waals surface area contributed by atoms with Gasteiger partial charge in [0.1, 0.15) is 0 Å². The van der Waals surface area contributed by atoms with Crippen molar-refractivity contribution in [2.45, 2.75) is 70.6 Å². The first kappa shape index (κ1) is 22.3. The maximum absolute atomic E-state index is 11.8. The van der Waals surface area contributed by atoms with E-state index in [1.807, 2.05) is 0 Å². The third kappa shape index (κ3) is 13.2. The van der Waals surface area contributed by atoms with Crippen LogP contribution in [0, 0.1) is 0 Å². The van der Waals surface area contributed by atoms with Gasteiger partial charge in [0.2, 0.25) is 11.8 Å². The Bertz CT molecular complexity index is 361. The molecule has 0 unspecified atom stereocenters. The number of hydrogen-bond donors (Lipinski definition) is 3. The summed E-state index contributed by atoms with van der Waals surface area (Å²) in [5.41, 5.74) is 0. The van der Waals surface area contributed by atoms with E-state index >= 15 is 0 Å². The molecule has 2 amide bonds. The Morgan fingerprint density at radius 3 is 1.92 bits per heavy atom. The number of carbonyl (C=O) groups is 2. The van der Waals surface area contributed by atoms with E-state index in [4.69, 9.17) is 0 Å². The molecule has 0 aromatic heterocycles. The minimum absolute atomic E-state index is 0.148. The molecule has 0 atom stereocenters. The molecule has 1 aliphatic heterocycles. The van der Waals surface area contributed by atoms with Gasteiger partial charge >= 0.3 is 0 Å². The van der Waals surface area contributed by atoms with Crippen LogP contribution in [0.25, 0.3) is 0 Å². The van der Waals surface area contributed by atoms with Crippen LogP contribution in [-0.4, -0.2) is 55.2 Å². The van der Waals surface area contributed by atoms with Crippen molar-refractivity contribution in [1.82, 2.24) is 15.5 Å². The molecule has 25 heavy (non-hydrogen) atoms. The van der Waals surface area contributed by atoms with Gasteiger partial charge in [0.15, 0.2) is 0 Å². The SMILES string of the molecule is O=C(CCCCCS)NCCCCCC(=O)NCCCN1CCCC1. The number of unbranched alkanes of at least 4 members (excludes halogenated alkanes) is 4. The number of rotatable bonds is 15. The van der Waals surface area contributed by atoms with Crippen molar-refractivity contribution < 1.29 is 9.59 Å². The van der Waals surface area contributed by atoms with Crippen LogP contribution < -0.4 is 10.6 Å². The second-order valence-corrected chi connectivity index (χ2v) is 7.39. The van der Waals surface area contributed by atoms with Crippen molar-refractivity contribution in [3.63, 3.8) is 0 Å². The Kier molecular flexibility index (Phi) is 13.8. The molecule has 1 fully saturated rings.